The van der Waals surface area contributed by atoms with E-state index in [4.69, 9.17) is 17.3 Å². The Balaban J connectivity index is 0.00000256. The first-order valence-electron chi connectivity index (χ1n) is 9.59. The first kappa shape index (κ1) is 22.0. The van der Waals surface area contributed by atoms with Crippen LogP contribution in [0.1, 0.15) is 23.2 Å². The number of hydrogen-bond acceptors (Lipinski definition) is 5. The van der Waals surface area contributed by atoms with Gasteiger partial charge in [0, 0.05) is 47.2 Å². The van der Waals surface area contributed by atoms with Crippen LogP contribution in [0, 0.1) is 0 Å². The third-order valence-electron chi connectivity index (χ3n) is 5.01. The summed E-state index contributed by atoms with van der Waals surface area (Å²) in [4.78, 5) is 23.3. The molecule has 6 nitrogen and oxygen atoms in total. The molecule has 3 aromatic rings. The Bertz CT molecular complexity index is 987. The number of piperidine rings is 1. The molecular weight excluding hydrogens is 421 g/mol. The molecule has 1 aliphatic rings. The molecule has 30 heavy (non-hydrogen) atoms. The van der Waals surface area contributed by atoms with Gasteiger partial charge < -0.3 is 16.0 Å². The van der Waals surface area contributed by atoms with Crippen molar-refractivity contribution in [1.29, 1.82) is 0 Å². The molecule has 1 aromatic heterocycles. The van der Waals surface area contributed by atoms with E-state index in [2.05, 4.69) is 15.3 Å². The van der Waals surface area contributed by atoms with Gasteiger partial charge in [-0.25, -0.2) is 9.97 Å². The molecule has 156 valence electrons. The van der Waals surface area contributed by atoms with E-state index >= 15 is 0 Å². The minimum atomic E-state index is 0. The number of benzene rings is 2. The summed E-state index contributed by atoms with van der Waals surface area (Å²) in [6.45, 7) is 1.43. The molecule has 0 bridgehead atoms. The number of carbonyl (C=O) groups excluding carboxylic acids is 1. The Morgan fingerprint density at radius 2 is 1.70 bits per heavy atom. The summed E-state index contributed by atoms with van der Waals surface area (Å²) in [5, 5.41) is 3.87. The van der Waals surface area contributed by atoms with Crippen molar-refractivity contribution in [3.05, 3.63) is 71.4 Å². The second kappa shape index (κ2) is 9.89. The van der Waals surface area contributed by atoms with Crippen LogP contribution in [0.5, 0.6) is 0 Å². The maximum atomic E-state index is 12.6. The van der Waals surface area contributed by atoms with E-state index in [9.17, 15) is 4.79 Å². The Morgan fingerprint density at radius 3 is 2.37 bits per heavy atom. The van der Waals surface area contributed by atoms with Crippen LogP contribution < -0.4 is 11.1 Å². The molecule has 0 spiro atoms. The predicted molar refractivity (Wildman–Crippen MR) is 123 cm³/mol. The molecule has 1 saturated heterocycles. The number of nitrogens with zero attached hydrogens (tertiary/aromatic N) is 3. The number of halogens is 2. The van der Waals surface area contributed by atoms with Gasteiger partial charge in [-0.15, -0.1) is 12.4 Å². The van der Waals surface area contributed by atoms with E-state index in [-0.39, 0.29) is 24.4 Å². The summed E-state index contributed by atoms with van der Waals surface area (Å²) in [6.07, 6.45) is 3.41. The molecule has 2 aromatic carbocycles. The van der Waals surface area contributed by atoms with Gasteiger partial charge in [-0.3, -0.25) is 4.79 Å². The van der Waals surface area contributed by atoms with Crippen LogP contribution in [0.4, 0.5) is 11.6 Å². The van der Waals surface area contributed by atoms with Gasteiger partial charge in [-0.2, -0.15) is 0 Å². The first-order valence-corrected chi connectivity index (χ1v) is 9.97. The van der Waals surface area contributed by atoms with Crippen LogP contribution in [0.3, 0.4) is 0 Å². The molecule has 0 unspecified atom stereocenters. The van der Waals surface area contributed by atoms with Crippen molar-refractivity contribution in [2.75, 3.05) is 18.4 Å². The average molecular weight is 444 g/mol. The summed E-state index contributed by atoms with van der Waals surface area (Å²) in [5.74, 6) is 0.533. The van der Waals surface area contributed by atoms with Gasteiger partial charge in [0.05, 0.1) is 5.69 Å². The van der Waals surface area contributed by atoms with Gasteiger partial charge in [0.25, 0.3) is 5.91 Å². The summed E-state index contributed by atoms with van der Waals surface area (Å²) < 4.78 is 0. The van der Waals surface area contributed by atoms with Crippen molar-refractivity contribution in [3.63, 3.8) is 0 Å². The monoisotopic (exact) mass is 443 g/mol. The Hall–Kier alpha value is -2.67. The van der Waals surface area contributed by atoms with Gasteiger partial charge in [-0.05, 0) is 55.3 Å². The maximum Gasteiger partial charge on any atom is 0.253 e. The van der Waals surface area contributed by atoms with Crippen LogP contribution in [0.2, 0.25) is 5.02 Å². The molecule has 1 aliphatic heterocycles. The van der Waals surface area contributed by atoms with Crippen LogP contribution in [0.25, 0.3) is 11.3 Å². The molecule has 0 saturated carbocycles. The second-order valence-corrected chi connectivity index (χ2v) is 7.54. The zero-order valence-corrected chi connectivity index (χ0v) is 17.9. The van der Waals surface area contributed by atoms with Crippen molar-refractivity contribution in [1.82, 2.24) is 14.9 Å². The topological polar surface area (TPSA) is 84.1 Å². The number of carbonyl (C=O) groups is 1. The van der Waals surface area contributed by atoms with Crippen LogP contribution in [-0.4, -0.2) is 39.9 Å². The summed E-state index contributed by atoms with van der Waals surface area (Å²) in [6, 6.07) is 16.9. The zero-order valence-electron chi connectivity index (χ0n) is 16.3. The highest BCUT2D eigenvalue weighted by atomic mass is 35.5. The lowest BCUT2D eigenvalue weighted by Gasteiger charge is -2.30. The van der Waals surface area contributed by atoms with Crippen molar-refractivity contribution in [2.24, 2.45) is 5.73 Å². The highest BCUT2D eigenvalue weighted by Crippen LogP contribution is 2.22. The summed E-state index contributed by atoms with van der Waals surface area (Å²) in [5.41, 5.74) is 9.16. The Morgan fingerprint density at radius 1 is 1.03 bits per heavy atom. The summed E-state index contributed by atoms with van der Waals surface area (Å²) >= 11 is 5.95. The van der Waals surface area contributed by atoms with Gasteiger partial charge in [0.1, 0.15) is 0 Å². The Labute approximate surface area is 186 Å². The van der Waals surface area contributed by atoms with Gasteiger partial charge in [0.2, 0.25) is 5.95 Å². The zero-order chi connectivity index (χ0) is 20.2. The highest BCUT2D eigenvalue weighted by Gasteiger charge is 2.21. The van der Waals surface area contributed by atoms with E-state index < -0.39 is 0 Å². The minimum Gasteiger partial charge on any atom is -0.339 e. The smallest absolute Gasteiger partial charge is 0.253 e. The van der Waals surface area contributed by atoms with Crippen molar-refractivity contribution < 1.29 is 4.79 Å². The van der Waals surface area contributed by atoms with Crippen molar-refractivity contribution >= 4 is 41.6 Å². The number of nitrogens with one attached hydrogen (secondary N) is 1. The molecule has 2 heterocycles. The minimum absolute atomic E-state index is 0. The molecule has 1 fully saturated rings. The lowest BCUT2D eigenvalue weighted by molar-refractivity contribution is 0.0715. The van der Waals surface area contributed by atoms with E-state index in [0.717, 1.165) is 29.8 Å². The van der Waals surface area contributed by atoms with Crippen LogP contribution in [-0.2, 0) is 0 Å². The molecule has 8 heteroatoms. The van der Waals surface area contributed by atoms with E-state index in [0.29, 0.717) is 29.6 Å². The predicted octanol–water partition coefficient (Wildman–Crippen LogP) is 4.53. The standard InChI is InChI=1S/C22H22ClN5O.ClH/c23-17-5-1-15(2-6-17)20-9-12-25-22(27-20)26-19-7-3-16(4-8-19)21(29)28-13-10-18(24)11-14-28;/h1-9,12,18H,10-11,13-14,24H2,(H,25,26,27);1H. The number of aromatic nitrogens is 2. The fourth-order valence-electron chi connectivity index (χ4n) is 3.31. The molecular formula is C22H23Cl2N5O. The lowest BCUT2D eigenvalue weighted by Crippen LogP contribution is -2.42. The largest absolute Gasteiger partial charge is 0.339 e. The van der Waals surface area contributed by atoms with Crippen molar-refractivity contribution in [2.45, 2.75) is 18.9 Å². The normalized spacial score (nSPS) is 14.1. The van der Waals surface area contributed by atoms with E-state index in [1.54, 1.807) is 6.20 Å². The number of rotatable bonds is 4. The third kappa shape index (κ3) is 5.27. The fourth-order valence-corrected chi connectivity index (χ4v) is 3.44. The number of anilines is 2. The van der Waals surface area contributed by atoms with E-state index in [1.807, 2.05) is 59.5 Å². The van der Waals surface area contributed by atoms with E-state index in [1.165, 1.54) is 0 Å². The van der Waals surface area contributed by atoms with Crippen LogP contribution in [0.15, 0.2) is 60.8 Å². The maximum absolute atomic E-state index is 12.6. The van der Waals surface area contributed by atoms with Gasteiger partial charge in [-0.1, -0.05) is 23.7 Å². The fraction of sp³-hybridized carbons (Fsp3) is 0.227. The number of hydrogen-bond donors (Lipinski definition) is 2. The van der Waals surface area contributed by atoms with Crippen molar-refractivity contribution in [3.8, 4) is 11.3 Å². The first-order chi connectivity index (χ1) is 14.1. The quantitative estimate of drug-likeness (QED) is 0.618. The number of amides is 1. The van der Waals surface area contributed by atoms with Crippen LogP contribution >= 0.6 is 24.0 Å². The number of nitrogens with two attached hydrogens (primary N) is 1. The molecule has 0 aliphatic carbocycles. The molecule has 3 N–H and O–H groups in total. The lowest BCUT2D eigenvalue weighted by atomic mass is 10.0. The molecule has 4 rings (SSSR count). The molecule has 0 radical (unpaired) electrons. The third-order valence-corrected chi connectivity index (χ3v) is 5.26. The SMILES string of the molecule is Cl.NC1CCN(C(=O)c2ccc(Nc3nccc(-c4ccc(Cl)cc4)n3)cc2)CC1. The summed E-state index contributed by atoms with van der Waals surface area (Å²) in [7, 11) is 0. The van der Waals surface area contributed by atoms with Gasteiger partial charge in [0.15, 0.2) is 0 Å². The number of likely N-dealkylation sites (tertiary alicyclic amines) is 1. The average Bonchev–Trinajstić information content (AvgIpc) is 2.75. The highest BCUT2D eigenvalue weighted by molar-refractivity contribution is 6.30. The molecule has 1 amide bonds. The molecule has 0 atom stereocenters. The Kier molecular flexibility index (Phi) is 7.26. The van der Waals surface area contributed by atoms with Gasteiger partial charge >= 0.3 is 0 Å². The second-order valence-electron chi connectivity index (χ2n) is 7.10.